The van der Waals surface area contributed by atoms with Gasteiger partial charge in [0.05, 0.1) is 11.1 Å². The van der Waals surface area contributed by atoms with Crippen molar-refractivity contribution in [1.82, 2.24) is 0 Å². The zero-order valence-electron chi connectivity index (χ0n) is 11.0. The van der Waals surface area contributed by atoms with Gasteiger partial charge in [-0.25, -0.2) is 4.79 Å². The molecule has 0 heterocycles. The van der Waals surface area contributed by atoms with E-state index in [-0.39, 0.29) is 17.7 Å². The van der Waals surface area contributed by atoms with Crippen molar-refractivity contribution in [2.24, 2.45) is 0 Å². The zero-order valence-corrected chi connectivity index (χ0v) is 11.0. The predicted octanol–water partition coefficient (Wildman–Crippen LogP) is 3.18. The van der Waals surface area contributed by atoms with Crippen LogP contribution in [0.25, 0.3) is 0 Å². The Hall–Kier alpha value is -3.31. The first-order valence-corrected chi connectivity index (χ1v) is 6.15. The molecule has 0 fully saturated rings. The summed E-state index contributed by atoms with van der Waals surface area (Å²) in [6.07, 6.45) is -0.618. The van der Waals surface area contributed by atoms with Gasteiger partial charge in [0, 0.05) is 5.69 Å². The van der Waals surface area contributed by atoms with E-state index >= 15 is 0 Å². The summed E-state index contributed by atoms with van der Waals surface area (Å²) in [6.45, 7) is 0.161. The Balaban J connectivity index is 1.97. The minimum absolute atomic E-state index is 0.161. The van der Waals surface area contributed by atoms with Gasteiger partial charge in [-0.05, 0) is 23.8 Å². The Labute approximate surface area is 122 Å². The summed E-state index contributed by atoms with van der Waals surface area (Å²) in [7, 11) is 0. The van der Waals surface area contributed by atoms with E-state index in [1.165, 1.54) is 12.1 Å². The van der Waals surface area contributed by atoms with Crippen LogP contribution < -0.4 is 5.32 Å². The Bertz CT molecular complexity index is 727. The lowest BCUT2D eigenvalue weighted by atomic mass is 10.1. The quantitative estimate of drug-likeness (QED) is 0.933. The highest BCUT2D eigenvalue weighted by molar-refractivity contribution is 5.85. The molecule has 0 aliphatic rings. The number of carbonyl (C=O) groups excluding carboxylic acids is 1. The highest BCUT2D eigenvalue weighted by atomic mass is 16.5. The van der Waals surface area contributed by atoms with Crippen LogP contribution >= 0.6 is 0 Å². The minimum Gasteiger partial charge on any atom is -0.444 e. The number of carbonyl (C=O) groups is 1. The Morgan fingerprint density at radius 1 is 1.05 bits per heavy atom. The Morgan fingerprint density at radius 3 is 2.43 bits per heavy atom. The summed E-state index contributed by atoms with van der Waals surface area (Å²) in [6, 6.07) is 17.6. The van der Waals surface area contributed by atoms with Crippen LogP contribution in [-0.4, -0.2) is 6.09 Å². The molecule has 0 spiro atoms. The molecule has 0 radical (unpaired) electrons. The van der Waals surface area contributed by atoms with Crippen LogP contribution in [0.1, 0.15) is 16.7 Å². The normalized spacial score (nSPS) is 9.24. The summed E-state index contributed by atoms with van der Waals surface area (Å²) in [5, 5.41) is 20.3. The molecule has 0 aromatic heterocycles. The van der Waals surface area contributed by atoms with E-state index < -0.39 is 6.09 Å². The number of hydrogen-bond acceptors (Lipinski definition) is 4. The predicted molar refractivity (Wildman–Crippen MR) is 76.1 cm³/mol. The molecule has 5 nitrogen and oxygen atoms in total. The molecule has 0 atom stereocenters. The molecule has 5 heteroatoms. The number of nitrogens with one attached hydrogen (secondary N) is 1. The second kappa shape index (κ2) is 6.74. The summed E-state index contributed by atoms with van der Waals surface area (Å²) in [5.41, 5.74) is 1.76. The second-order valence-corrected chi connectivity index (χ2v) is 4.17. The maximum Gasteiger partial charge on any atom is 0.411 e. The molecular formula is C16H11N3O2. The van der Waals surface area contributed by atoms with E-state index in [1.54, 1.807) is 6.07 Å². The number of rotatable bonds is 3. The third kappa shape index (κ3) is 3.82. The zero-order chi connectivity index (χ0) is 15.1. The third-order valence-electron chi connectivity index (χ3n) is 2.72. The minimum atomic E-state index is -0.618. The number of benzene rings is 2. The van der Waals surface area contributed by atoms with Crippen molar-refractivity contribution < 1.29 is 9.53 Å². The molecule has 2 aromatic rings. The fourth-order valence-corrected chi connectivity index (χ4v) is 1.69. The van der Waals surface area contributed by atoms with Crippen LogP contribution in [0.15, 0.2) is 48.5 Å². The van der Waals surface area contributed by atoms with E-state index in [9.17, 15) is 4.79 Å². The van der Waals surface area contributed by atoms with Gasteiger partial charge in [0.2, 0.25) is 0 Å². The molecule has 0 unspecified atom stereocenters. The lowest BCUT2D eigenvalue weighted by Crippen LogP contribution is -2.13. The molecule has 0 saturated heterocycles. The molecule has 102 valence electrons. The van der Waals surface area contributed by atoms with Crippen LogP contribution in [0.2, 0.25) is 0 Å². The highest BCUT2D eigenvalue weighted by Crippen LogP contribution is 2.15. The molecule has 0 bridgehead atoms. The van der Waals surface area contributed by atoms with E-state index in [1.807, 2.05) is 42.5 Å². The lowest BCUT2D eigenvalue weighted by Gasteiger charge is -2.07. The lowest BCUT2D eigenvalue weighted by molar-refractivity contribution is 0.155. The first-order chi connectivity index (χ1) is 10.2. The van der Waals surface area contributed by atoms with Crippen molar-refractivity contribution in [2.75, 3.05) is 5.32 Å². The fourth-order valence-electron chi connectivity index (χ4n) is 1.69. The van der Waals surface area contributed by atoms with Crippen molar-refractivity contribution in [1.29, 1.82) is 10.5 Å². The van der Waals surface area contributed by atoms with Crippen molar-refractivity contribution in [3.63, 3.8) is 0 Å². The third-order valence-corrected chi connectivity index (χ3v) is 2.72. The van der Waals surface area contributed by atoms with Gasteiger partial charge in [0.25, 0.3) is 0 Å². The van der Waals surface area contributed by atoms with Gasteiger partial charge in [-0.1, -0.05) is 30.3 Å². The number of nitrogens with zero attached hydrogens (tertiary/aromatic N) is 2. The van der Waals surface area contributed by atoms with Crippen LogP contribution in [0.5, 0.6) is 0 Å². The molecular weight excluding hydrogens is 266 g/mol. The molecule has 0 saturated carbocycles. The molecule has 0 aliphatic carbocycles. The monoisotopic (exact) mass is 277 g/mol. The van der Waals surface area contributed by atoms with Crippen molar-refractivity contribution in [3.05, 3.63) is 65.2 Å². The highest BCUT2D eigenvalue weighted by Gasteiger charge is 2.07. The number of hydrogen-bond donors (Lipinski definition) is 1. The van der Waals surface area contributed by atoms with Crippen molar-refractivity contribution in [3.8, 4) is 12.1 Å². The average Bonchev–Trinajstić information content (AvgIpc) is 2.53. The molecule has 1 amide bonds. The van der Waals surface area contributed by atoms with Crippen molar-refractivity contribution in [2.45, 2.75) is 6.61 Å². The summed E-state index contributed by atoms with van der Waals surface area (Å²) in [5.74, 6) is 0. The molecule has 0 aliphatic heterocycles. The number of anilines is 1. The molecule has 2 rings (SSSR count). The van der Waals surface area contributed by atoms with Crippen LogP contribution in [0.3, 0.4) is 0 Å². The van der Waals surface area contributed by atoms with Crippen molar-refractivity contribution >= 4 is 11.8 Å². The number of nitriles is 2. The Kier molecular flexibility index (Phi) is 4.53. The smallest absolute Gasteiger partial charge is 0.411 e. The van der Waals surface area contributed by atoms with Gasteiger partial charge in [-0.2, -0.15) is 10.5 Å². The molecule has 1 N–H and O–H groups in total. The van der Waals surface area contributed by atoms with Gasteiger partial charge in [-0.3, -0.25) is 5.32 Å². The number of amides is 1. The van der Waals surface area contributed by atoms with Gasteiger partial charge in [-0.15, -0.1) is 0 Å². The largest absolute Gasteiger partial charge is 0.444 e. The number of ether oxygens (including phenoxy) is 1. The first kappa shape index (κ1) is 14.1. The second-order valence-electron chi connectivity index (χ2n) is 4.17. The maximum atomic E-state index is 11.7. The molecule has 2 aromatic carbocycles. The van der Waals surface area contributed by atoms with Gasteiger partial charge >= 0.3 is 6.09 Å². The van der Waals surface area contributed by atoms with Gasteiger partial charge in [0.1, 0.15) is 18.7 Å². The fraction of sp³-hybridized carbons (Fsp3) is 0.0625. The van der Waals surface area contributed by atoms with Crippen LogP contribution in [-0.2, 0) is 11.3 Å². The average molecular weight is 277 g/mol. The van der Waals surface area contributed by atoms with Crippen LogP contribution in [0.4, 0.5) is 10.5 Å². The summed E-state index contributed by atoms with van der Waals surface area (Å²) in [4.78, 5) is 11.7. The van der Waals surface area contributed by atoms with Gasteiger partial charge < -0.3 is 4.74 Å². The van der Waals surface area contributed by atoms with Gasteiger partial charge in [0.15, 0.2) is 0 Å². The first-order valence-electron chi connectivity index (χ1n) is 6.15. The SMILES string of the molecule is N#Cc1ccc(NC(=O)OCc2ccccc2)cc1C#N. The maximum absolute atomic E-state index is 11.7. The van der Waals surface area contributed by atoms with E-state index in [2.05, 4.69) is 5.32 Å². The van der Waals surface area contributed by atoms with E-state index in [0.29, 0.717) is 5.69 Å². The standard InChI is InChI=1S/C16H11N3O2/c17-9-13-6-7-15(8-14(13)10-18)19-16(20)21-11-12-4-2-1-3-5-12/h1-8H,11H2,(H,19,20). The summed E-state index contributed by atoms with van der Waals surface area (Å²) < 4.78 is 5.06. The topological polar surface area (TPSA) is 85.9 Å². The van der Waals surface area contributed by atoms with E-state index in [4.69, 9.17) is 15.3 Å². The van der Waals surface area contributed by atoms with E-state index in [0.717, 1.165) is 5.56 Å². The Morgan fingerprint density at radius 2 is 1.76 bits per heavy atom. The molecule has 21 heavy (non-hydrogen) atoms. The van der Waals surface area contributed by atoms with Crippen LogP contribution in [0, 0.1) is 22.7 Å². The summed E-state index contributed by atoms with van der Waals surface area (Å²) >= 11 is 0.